The van der Waals surface area contributed by atoms with Crippen molar-refractivity contribution in [1.29, 1.82) is 0 Å². The van der Waals surface area contributed by atoms with Crippen molar-refractivity contribution < 1.29 is 19.1 Å². The van der Waals surface area contributed by atoms with Crippen LogP contribution in [0.5, 0.6) is 0 Å². The maximum Gasteiger partial charge on any atom is 0.337 e. The van der Waals surface area contributed by atoms with Crippen LogP contribution in [0, 0.1) is 0 Å². The Morgan fingerprint density at radius 1 is 1.11 bits per heavy atom. The van der Waals surface area contributed by atoms with Crippen LogP contribution in [-0.2, 0) is 9.47 Å². The highest BCUT2D eigenvalue weighted by Crippen LogP contribution is 2.21. The third-order valence-electron chi connectivity index (χ3n) is 4.70. The summed E-state index contributed by atoms with van der Waals surface area (Å²) >= 11 is 3.33. The second-order valence-corrected chi connectivity index (χ2v) is 7.52. The molecule has 1 N–H and O–H groups in total. The van der Waals surface area contributed by atoms with Crippen molar-refractivity contribution in [3.05, 3.63) is 63.6 Å². The molecule has 0 bridgehead atoms. The number of hydrogen-bond acceptors (Lipinski definition) is 5. The fraction of sp³-hybridized carbons (Fsp3) is 0.333. The summed E-state index contributed by atoms with van der Waals surface area (Å²) in [5.74, 6) is -0.738. The quantitative estimate of drug-likeness (QED) is 0.711. The van der Waals surface area contributed by atoms with E-state index in [2.05, 4.69) is 38.3 Å². The number of ether oxygens (including phenoxy) is 2. The van der Waals surface area contributed by atoms with Crippen LogP contribution in [0.15, 0.2) is 46.9 Å². The summed E-state index contributed by atoms with van der Waals surface area (Å²) in [6, 6.07) is 12.8. The fourth-order valence-corrected chi connectivity index (χ4v) is 3.61. The van der Waals surface area contributed by atoms with Gasteiger partial charge in [0.1, 0.15) is 0 Å². The first kappa shape index (κ1) is 20.4. The van der Waals surface area contributed by atoms with Crippen LogP contribution in [0.2, 0.25) is 0 Å². The number of morpholine rings is 1. The highest BCUT2D eigenvalue weighted by atomic mass is 79.9. The lowest BCUT2D eigenvalue weighted by Crippen LogP contribution is -2.36. The number of rotatable bonds is 5. The van der Waals surface area contributed by atoms with Crippen LogP contribution in [0.4, 0.5) is 5.69 Å². The van der Waals surface area contributed by atoms with Crippen LogP contribution < -0.4 is 10.2 Å². The molecule has 2 aromatic rings. The largest absolute Gasteiger partial charge is 0.465 e. The number of halogens is 1. The van der Waals surface area contributed by atoms with Gasteiger partial charge in [-0.2, -0.15) is 0 Å². The van der Waals surface area contributed by atoms with E-state index in [4.69, 9.17) is 9.47 Å². The third-order valence-corrected chi connectivity index (χ3v) is 5.16. The van der Waals surface area contributed by atoms with Crippen molar-refractivity contribution in [2.24, 2.45) is 0 Å². The van der Waals surface area contributed by atoms with Crippen LogP contribution >= 0.6 is 15.9 Å². The number of nitrogens with zero attached hydrogens (tertiary/aromatic N) is 1. The second kappa shape index (κ2) is 9.21. The number of methoxy groups -OCH3 is 1. The van der Waals surface area contributed by atoms with E-state index in [1.54, 1.807) is 12.1 Å². The van der Waals surface area contributed by atoms with Crippen LogP contribution in [-0.4, -0.2) is 45.3 Å². The average Bonchev–Trinajstić information content (AvgIpc) is 2.73. The molecule has 2 aromatic carbocycles. The van der Waals surface area contributed by atoms with Crippen molar-refractivity contribution in [2.75, 3.05) is 38.3 Å². The Balaban J connectivity index is 1.68. The first-order valence-electron chi connectivity index (χ1n) is 9.10. The van der Waals surface area contributed by atoms with E-state index < -0.39 is 5.97 Å². The number of hydrogen-bond donors (Lipinski definition) is 1. The zero-order chi connectivity index (χ0) is 20.1. The minimum Gasteiger partial charge on any atom is -0.465 e. The number of carbonyl (C=O) groups excluding carboxylic acids is 2. The van der Waals surface area contributed by atoms with Gasteiger partial charge in [0.2, 0.25) is 0 Å². The Morgan fingerprint density at radius 2 is 1.75 bits per heavy atom. The first-order valence-corrected chi connectivity index (χ1v) is 9.89. The molecule has 0 unspecified atom stereocenters. The second-order valence-electron chi connectivity index (χ2n) is 6.61. The SMILES string of the molecule is COC(=O)c1cc(Br)cc(C(=O)N[C@@H](C)c2ccc(N3CCOCC3)cc2)c1. The molecular weight excluding hydrogens is 424 g/mol. The standard InChI is InChI=1S/C21H23BrN2O4/c1-14(15-3-5-19(6-4-15)24-7-9-28-10-8-24)23-20(25)16-11-17(21(26)27-2)13-18(22)12-16/h3-6,11-14H,7-10H2,1-2H3,(H,23,25)/t14-/m0/s1. The Morgan fingerprint density at radius 3 is 2.39 bits per heavy atom. The molecule has 7 heteroatoms. The normalized spacial score (nSPS) is 15.0. The Kier molecular flexibility index (Phi) is 6.70. The lowest BCUT2D eigenvalue weighted by molar-refractivity contribution is 0.0600. The molecule has 28 heavy (non-hydrogen) atoms. The monoisotopic (exact) mass is 446 g/mol. The zero-order valence-corrected chi connectivity index (χ0v) is 17.5. The first-order chi connectivity index (χ1) is 13.5. The molecule has 0 radical (unpaired) electrons. The minimum atomic E-state index is -0.484. The predicted octanol–water partition coefficient (Wildman–Crippen LogP) is 3.56. The summed E-state index contributed by atoms with van der Waals surface area (Å²) in [7, 11) is 1.31. The highest BCUT2D eigenvalue weighted by Gasteiger charge is 2.16. The maximum absolute atomic E-state index is 12.7. The van der Waals surface area contributed by atoms with Gasteiger partial charge in [-0.1, -0.05) is 28.1 Å². The smallest absolute Gasteiger partial charge is 0.337 e. The molecule has 0 spiro atoms. The highest BCUT2D eigenvalue weighted by molar-refractivity contribution is 9.10. The summed E-state index contributed by atoms with van der Waals surface area (Å²) < 4.78 is 10.8. The topological polar surface area (TPSA) is 67.9 Å². The van der Waals surface area contributed by atoms with E-state index in [0.29, 0.717) is 15.6 Å². The lowest BCUT2D eigenvalue weighted by atomic mass is 10.1. The average molecular weight is 447 g/mol. The number of carbonyl (C=O) groups is 2. The molecule has 1 heterocycles. The van der Waals surface area contributed by atoms with Crippen LogP contribution in [0.3, 0.4) is 0 Å². The number of amides is 1. The molecule has 1 atom stereocenters. The van der Waals surface area contributed by atoms with Crippen molar-refractivity contribution in [2.45, 2.75) is 13.0 Å². The summed E-state index contributed by atoms with van der Waals surface area (Å²) in [6.07, 6.45) is 0. The Labute approximate surface area is 172 Å². The van der Waals surface area contributed by atoms with Gasteiger partial charge in [-0.25, -0.2) is 4.79 Å². The summed E-state index contributed by atoms with van der Waals surface area (Å²) in [5, 5.41) is 2.98. The zero-order valence-electron chi connectivity index (χ0n) is 15.9. The third kappa shape index (κ3) is 4.91. The Bertz CT molecular complexity index is 848. The van der Waals surface area contributed by atoms with Gasteiger partial charge in [-0.15, -0.1) is 0 Å². The molecule has 1 saturated heterocycles. The van der Waals surface area contributed by atoms with Crippen molar-refractivity contribution in [3.8, 4) is 0 Å². The molecule has 1 aliphatic heterocycles. The lowest BCUT2D eigenvalue weighted by Gasteiger charge is -2.29. The molecule has 0 aromatic heterocycles. The van der Waals surface area contributed by atoms with Crippen molar-refractivity contribution in [3.63, 3.8) is 0 Å². The number of esters is 1. The van der Waals surface area contributed by atoms with Gasteiger partial charge in [0.15, 0.2) is 0 Å². The molecule has 1 amide bonds. The van der Waals surface area contributed by atoms with Crippen LogP contribution in [0.25, 0.3) is 0 Å². The van der Waals surface area contributed by atoms with E-state index in [0.717, 1.165) is 37.6 Å². The van der Waals surface area contributed by atoms with Gasteiger partial charge in [-0.05, 0) is 42.8 Å². The van der Waals surface area contributed by atoms with Gasteiger partial charge in [0.05, 0.1) is 31.9 Å². The maximum atomic E-state index is 12.7. The van der Waals surface area contributed by atoms with Crippen molar-refractivity contribution >= 4 is 33.5 Å². The molecule has 0 saturated carbocycles. The predicted molar refractivity (Wildman–Crippen MR) is 111 cm³/mol. The van der Waals surface area contributed by atoms with E-state index in [1.807, 2.05) is 19.1 Å². The summed E-state index contributed by atoms with van der Waals surface area (Å²) in [6.45, 7) is 5.19. The molecule has 1 fully saturated rings. The van der Waals surface area contributed by atoms with Crippen LogP contribution in [0.1, 0.15) is 39.2 Å². The van der Waals surface area contributed by atoms with E-state index in [1.165, 1.54) is 13.2 Å². The summed E-state index contributed by atoms with van der Waals surface area (Å²) in [4.78, 5) is 26.7. The fourth-order valence-electron chi connectivity index (χ4n) is 3.12. The van der Waals surface area contributed by atoms with E-state index in [-0.39, 0.29) is 11.9 Å². The van der Waals surface area contributed by atoms with Gasteiger partial charge >= 0.3 is 5.97 Å². The molecule has 0 aliphatic carbocycles. The molecule has 148 valence electrons. The van der Waals surface area contributed by atoms with Gasteiger partial charge in [-0.3, -0.25) is 4.79 Å². The number of nitrogens with one attached hydrogen (secondary N) is 1. The minimum absolute atomic E-state index is 0.174. The van der Waals surface area contributed by atoms with Gasteiger partial charge < -0.3 is 19.7 Å². The molecule has 3 rings (SSSR count). The molecule has 1 aliphatic rings. The molecular formula is C21H23BrN2O4. The van der Waals surface area contributed by atoms with Gasteiger partial charge in [0, 0.05) is 28.8 Å². The number of benzene rings is 2. The summed E-state index contributed by atoms with van der Waals surface area (Å²) in [5.41, 5.74) is 2.88. The van der Waals surface area contributed by atoms with E-state index >= 15 is 0 Å². The van der Waals surface area contributed by atoms with Crippen molar-refractivity contribution in [1.82, 2.24) is 5.32 Å². The Hall–Kier alpha value is -2.38. The van der Waals surface area contributed by atoms with E-state index in [9.17, 15) is 9.59 Å². The molecule has 6 nitrogen and oxygen atoms in total. The van der Waals surface area contributed by atoms with Gasteiger partial charge in [0.25, 0.3) is 5.91 Å². The number of anilines is 1.